The van der Waals surface area contributed by atoms with E-state index < -0.39 is 0 Å². The topological polar surface area (TPSA) is 65.1 Å². The van der Waals surface area contributed by atoms with Crippen molar-refractivity contribution in [3.8, 4) is 0 Å². The van der Waals surface area contributed by atoms with Gasteiger partial charge >= 0.3 is 0 Å². The average molecular weight is 290 g/mol. The predicted octanol–water partition coefficient (Wildman–Crippen LogP) is 2.59. The van der Waals surface area contributed by atoms with Gasteiger partial charge in [0.05, 0.1) is 6.10 Å². The second-order valence-electron chi connectivity index (χ2n) is 5.78. The van der Waals surface area contributed by atoms with E-state index in [9.17, 15) is 14.3 Å². The minimum Gasteiger partial charge on any atom is -0.393 e. The Hall–Kier alpha value is -1.88. The number of aliphatic hydroxyl groups excluding tert-OH is 1. The lowest BCUT2D eigenvalue weighted by Crippen LogP contribution is -2.33. The average Bonchev–Trinajstić information content (AvgIpc) is 2.90. The SMILES string of the molecule is O=C(NCC1CCCC(O)C1)c1cc2c(F)cccc2[nH]1. The molecule has 1 fully saturated rings. The van der Waals surface area contributed by atoms with E-state index in [4.69, 9.17) is 0 Å². The van der Waals surface area contributed by atoms with Crippen LogP contribution in [-0.4, -0.2) is 28.6 Å². The maximum absolute atomic E-state index is 13.6. The number of H-pyrrole nitrogens is 1. The minimum absolute atomic E-state index is 0.231. The fourth-order valence-corrected chi connectivity index (χ4v) is 3.02. The summed E-state index contributed by atoms with van der Waals surface area (Å²) in [6.45, 7) is 0.549. The summed E-state index contributed by atoms with van der Waals surface area (Å²) in [7, 11) is 0. The molecule has 1 heterocycles. The van der Waals surface area contributed by atoms with Crippen LogP contribution in [0.1, 0.15) is 36.2 Å². The van der Waals surface area contributed by atoms with Gasteiger partial charge in [0.1, 0.15) is 11.5 Å². The lowest BCUT2D eigenvalue weighted by Gasteiger charge is -2.25. The number of amides is 1. The normalized spacial score (nSPS) is 22.4. The summed E-state index contributed by atoms with van der Waals surface area (Å²) >= 11 is 0. The first-order valence-electron chi connectivity index (χ1n) is 7.37. The number of rotatable bonds is 3. The summed E-state index contributed by atoms with van der Waals surface area (Å²) in [4.78, 5) is 15.1. The molecule has 0 radical (unpaired) electrons. The molecule has 1 amide bonds. The lowest BCUT2D eigenvalue weighted by molar-refractivity contribution is 0.0871. The summed E-state index contributed by atoms with van der Waals surface area (Å²) in [5.41, 5.74) is 0.986. The highest BCUT2D eigenvalue weighted by molar-refractivity contribution is 5.98. The third-order valence-electron chi connectivity index (χ3n) is 4.16. The monoisotopic (exact) mass is 290 g/mol. The Labute approximate surface area is 122 Å². The van der Waals surface area contributed by atoms with Crippen molar-refractivity contribution in [2.75, 3.05) is 6.54 Å². The fourth-order valence-electron chi connectivity index (χ4n) is 3.02. The number of hydrogen-bond donors (Lipinski definition) is 3. The smallest absolute Gasteiger partial charge is 0.267 e. The number of halogens is 1. The zero-order valence-electron chi connectivity index (χ0n) is 11.7. The van der Waals surface area contributed by atoms with Crippen LogP contribution in [0, 0.1) is 11.7 Å². The third-order valence-corrected chi connectivity index (χ3v) is 4.16. The molecule has 2 atom stereocenters. The molecule has 5 heteroatoms. The van der Waals surface area contributed by atoms with E-state index in [0.29, 0.717) is 29.1 Å². The summed E-state index contributed by atoms with van der Waals surface area (Å²) in [6, 6.07) is 6.27. The van der Waals surface area contributed by atoms with Gasteiger partial charge < -0.3 is 15.4 Å². The first-order valence-corrected chi connectivity index (χ1v) is 7.37. The standard InChI is InChI=1S/C16H19FN2O2/c17-13-5-2-6-14-12(13)8-15(19-14)16(21)18-9-10-3-1-4-11(20)7-10/h2,5-6,8,10-11,19-20H,1,3-4,7,9H2,(H,18,21). The molecule has 2 aromatic rings. The molecule has 2 unspecified atom stereocenters. The van der Waals surface area contributed by atoms with Gasteiger partial charge in [-0.1, -0.05) is 12.5 Å². The molecule has 4 nitrogen and oxygen atoms in total. The van der Waals surface area contributed by atoms with Crippen LogP contribution in [0.2, 0.25) is 0 Å². The molecule has 1 saturated carbocycles. The highest BCUT2D eigenvalue weighted by atomic mass is 19.1. The van der Waals surface area contributed by atoms with Crippen LogP contribution in [-0.2, 0) is 0 Å². The molecular formula is C16H19FN2O2. The van der Waals surface area contributed by atoms with Crippen molar-refractivity contribution in [3.05, 3.63) is 35.8 Å². The molecule has 1 aromatic carbocycles. The van der Waals surface area contributed by atoms with Gasteiger partial charge in [-0.15, -0.1) is 0 Å². The minimum atomic E-state index is -0.335. The van der Waals surface area contributed by atoms with Crippen molar-refractivity contribution in [2.45, 2.75) is 31.8 Å². The molecule has 21 heavy (non-hydrogen) atoms. The number of aromatic nitrogens is 1. The highest BCUT2D eigenvalue weighted by Gasteiger charge is 2.21. The molecule has 0 aliphatic heterocycles. The molecule has 112 valence electrons. The van der Waals surface area contributed by atoms with Gasteiger partial charge in [0.15, 0.2) is 0 Å². The van der Waals surface area contributed by atoms with E-state index in [1.165, 1.54) is 12.1 Å². The number of nitrogens with one attached hydrogen (secondary N) is 2. The van der Waals surface area contributed by atoms with Gasteiger partial charge in [-0.25, -0.2) is 4.39 Å². The van der Waals surface area contributed by atoms with Crippen molar-refractivity contribution < 1.29 is 14.3 Å². The molecule has 1 aromatic heterocycles. The summed E-state index contributed by atoms with van der Waals surface area (Å²) in [6.07, 6.45) is 3.37. The molecule has 3 rings (SSSR count). The van der Waals surface area contributed by atoms with Crippen molar-refractivity contribution in [1.29, 1.82) is 0 Å². The van der Waals surface area contributed by atoms with E-state index in [0.717, 1.165) is 25.7 Å². The second-order valence-corrected chi connectivity index (χ2v) is 5.78. The largest absolute Gasteiger partial charge is 0.393 e. The van der Waals surface area contributed by atoms with Crippen LogP contribution in [0.3, 0.4) is 0 Å². The van der Waals surface area contributed by atoms with E-state index in [2.05, 4.69) is 10.3 Å². The summed E-state index contributed by atoms with van der Waals surface area (Å²) in [5.74, 6) is -0.248. The lowest BCUT2D eigenvalue weighted by atomic mass is 9.87. The van der Waals surface area contributed by atoms with E-state index in [1.54, 1.807) is 12.1 Å². The van der Waals surface area contributed by atoms with Crippen LogP contribution in [0.5, 0.6) is 0 Å². The van der Waals surface area contributed by atoms with Gasteiger partial charge in [-0.3, -0.25) is 4.79 Å². The van der Waals surface area contributed by atoms with E-state index >= 15 is 0 Å². The first kappa shape index (κ1) is 14.1. The Morgan fingerprint density at radius 2 is 2.29 bits per heavy atom. The van der Waals surface area contributed by atoms with Gasteiger partial charge in [0.25, 0.3) is 5.91 Å². The molecule has 0 bridgehead atoms. The summed E-state index contributed by atoms with van der Waals surface area (Å²) < 4.78 is 13.6. The van der Waals surface area contributed by atoms with E-state index in [-0.39, 0.29) is 17.8 Å². The van der Waals surface area contributed by atoms with Crippen molar-refractivity contribution in [3.63, 3.8) is 0 Å². The highest BCUT2D eigenvalue weighted by Crippen LogP contribution is 2.24. The Balaban J connectivity index is 1.65. The Morgan fingerprint density at radius 3 is 3.05 bits per heavy atom. The molecule has 3 N–H and O–H groups in total. The third kappa shape index (κ3) is 3.08. The first-order chi connectivity index (χ1) is 10.1. The van der Waals surface area contributed by atoms with Crippen molar-refractivity contribution in [2.24, 2.45) is 5.92 Å². The van der Waals surface area contributed by atoms with Gasteiger partial charge in [-0.2, -0.15) is 0 Å². The maximum Gasteiger partial charge on any atom is 0.267 e. The Morgan fingerprint density at radius 1 is 1.43 bits per heavy atom. The maximum atomic E-state index is 13.6. The number of carbonyl (C=O) groups is 1. The van der Waals surface area contributed by atoms with Crippen LogP contribution in [0.15, 0.2) is 24.3 Å². The molecular weight excluding hydrogens is 271 g/mol. The molecule has 1 aliphatic carbocycles. The zero-order chi connectivity index (χ0) is 14.8. The zero-order valence-corrected chi connectivity index (χ0v) is 11.7. The molecule has 1 aliphatic rings. The van der Waals surface area contributed by atoms with Gasteiger partial charge in [0.2, 0.25) is 0 Å². The van der Waals surface area contributed by atoms with Crippen LogP contribution in [0.25, 0.3) is 10.9 Å². The number of benzene rings is 1. The Bertz CT molecular complexity index is 653. The fraction of sp³-hybridized carbons (Fsp3) is 0.438. The quantitative estimate of drug-likeness (QED) is 0.813. The molecule has 0 spiro atoms. The number of carbonyl (C=O) groups excluding carboxylic acids is 1. The van der Waals surface area contributed by atoms with Crippen LogP contribution >= 0.6 is 0 Å². The number of aliphatic hydroxyl groups is 1. The Kier molecular flexibility index (Phi) is 3.92. The second kappa shape index (κ2) is 5.85. The van der Waals surface area contributed by atoms with Crippen molar-refractivity contribution >= 4 is 16.8 Å². The van der Waals surface area contributed by atoms with Crippen LogP contribution in [0.4, 0.5) is 4.39 Å². The number of fused-ring (bicyclic) bond motifs is 1. The van der Waals surface area contributed by atoms with E-state index in [1.807, 2.05) is 0 Å². The van der Waals surface area contributed by atoms with Crippen LogP contribution < -0.4 is 5.32 Å². The molecule has 0 saturated heterocycles. The number of hydrogen-bond acceptors (Lipinski definition) is 2. The van der Waals surface area contributed by atoms with Crippen molar-refractivity contribution in [1.82, 2.24) is 10.3 Å². The summed E-state index contributed by atoms with van der Waals surface area (Å²) in [5, 5.41) is 12.9. The van der Waals surface area contributed by atoms with Gasteiger partial charge in [0, 0.05) is 17.4 Å². The van der Waals surface area contributed by atoms with Gasteiger partial charge in [-0.05, 0) is 43.4 Å². The number of aromatic amines is 1. The predicted molar refractivity (Wildman–Crippen MR) is 78.6 cm³/mol.